The van der Waals surface area contributed by atoms with E-state index in [2.05, 4.69) is 66.8 Å². The van der Waals surface area contributed by atoms with Crippen molar-refractivity contribution in [2.75, 3.05) is 0 Å². The minimum atomic E-state index is 0.559. The van der Waals surface area contributed by atoms with E-state index in [4.69, 9.17) is 0 Å². The van der Waals surface area contributed by atoms with Crippen LogP contribution in [0.5, 0.6) is 0 Å². The normalized spacial score (nSPS) is 23.3. The standard InChI is InChI=1S/C18H14/c1-2-7-13-8-6-12-17-15-10-5-4-9-14(15)16(11-3-1)18(13)17/h1-11,17H,12H2. The highest BCUT2D eigenvalue weighted by atomic mass is 14.3. The Labute approximate surface area is 107 Å². The third kappa shape index (κ3) is 1.26. The second-order valence-electron chi connectivity index (χ2n) is 4.97. The summed E-state index contributed by atoms with van der Waals surface area (Å²) in [6.45, 7) is 0. The van der Waals surface area contributed by atoms with Crippen molar-refractivity contribution < 1.29 is 0 Å². The van der Waals surface area contributed by atoms with Gasteiger partial charge in [-0.3, -0.25) is 0 Å². The summed E-state index contributed by atoms with van der Waals surface area (Å²) >= 11 is 0. The molecule has 0 heteroatoms. The zero-order valence-corrected chi connectivity index (χ0v) is 10.1. The molecule has 0 saturated carbocycles. The number of hydrogen-bond acceptors (Lipinski definition) is 0. The Bertz CT molecular complexity index is 663. The van der Waals surface area contributed by atoms with Gasteiger partial charge in [-0.15, -0.1) is 0 Å². The van der Waals surface area contributed by atoms with Crippen LogP contribution in [0.3, 0.4) is 0 Å². The molecule has 0 radical (unpaired) electrons. The first-order valence-electron chi connectivity index (χ1n) is 6.50. The van der Waals surface area contributed by atoms with Crippen molar-refractivity contribution >= 4 is 5.57 Å². The molecule has 0 heterocycles. The summed E-state index contributed by atoms with van der Waals surface area (Å²) < 4.78 is 0. The molecular weight excluding hydrogens is 216 g/mol. The van der Waals surface area contributed by atoms with Crippen molar-refractivity contribution in [3.8, 4) is 0 Å². The first-order valence-corrected chi connectivity index (χ1v) is 6.50. The molecule has 3 aliphatic carbocycles. The molecular formula is C18H14. The maximum absolute atomic E-state index is 2.30. The van der Waals surface area contributed by atoms with Crippen LogP contribution in [0, 0.1) is 0 Å². The molecule has 4 rings (SSSR count). The van der Waals surface area contributed by atoms with Crippen molar-refractivity contribution in [3.63, 3.8) is 0 Å². The van der Waals surface area contributed by atoms with Crippen LogP contribution >= 0.6 is 0 Å². The quantitative estimate of drug-likeness (QED) is 0.613. The first-order chi connectivity index (χ1) is 8.95. The Morgan fingerprint density at radius 3 is 2.89 bits per heavy atom. The lowest BCUT2D eigenvalue weighted by Crippen LogP contribution is -2.04. The summed E-state index contributed by atoms with van der Waals surface area (Å²) in [5.41, 5.74) is 7.20. The molecule has 86 valence electrons. The van der Waals surface area contributed by atoms with Crippen LogP contribution in [0.4, 0.5) is 0 Å². The van der Waals surface area contributed by atoms with E-state index in [1.165, 1.54) is 27.8 Å². The second-order valence-corrected chi connectivity index (χ2v) is 4.97. The molecule has 0 amide bonds. The van der Waals surface area contributed by atoms with Crippen molar-refractivity contribution in [3.05, 3.63) is 89.1 Å². The van der Waals surface area contributed by atoms with Gasteiger partial charge in [0.1, 0.15) is 0 Å². The highest BCUT2D eigenvalue weighted by Crippen LogP contribution is 2.49. The Kier molecular flexibility index (Phi) is 2.04. The molecule has 1 aromatic carbocycles. The number of hydrogen-bond donors (Lipinski definition) is 0. The Morgan fingerprint density at radius 2 is 1.89 bits per heavy atom. The zero-order valence-electron chi connectivity index (χ0n) is 10.1. The van der Waals surface area contributed by atoms with Gasteiger partial charge in [0, 0.05) is 5.92 Å². The maximum Gasteiger partial charge on any atom is 0.0142 e. The fraction of sp³-hybridized carbons (Fsp3) is 0.111. The van der Waals surface area contributed by atoms with Crippen molar-refractivity contribution in [1.29, 1.82) is 0 Å². The monoisotopic (exact) mass is 230 g/mol. The summed E-state index contributed by atoms with van der Waals surface area (Å²) in [6, 6.07) is 8.83. The number of rotatable bonds is 0. The highest BCUT2D eigenvalue weighted by Gasteiger charge is 2.32. The first kappa shape index (κ1) is 9.90. The summed E-state index contributed by atoms with van der Waals surface area (Å²) in [5, 5.41) is 0. The molecule has 0 aliphatic heterocycles. The van der Waals surface area contributed by atoms with Gasteiger partial charge in [0.2, 0.25) is 0 Å². The molecule has 0 nitrogen and oxygen atoms in total. The SMILES string of the molecule is C1=CC=C2C=CCC3C2=C(C=C1)c1ccccc13. The number of fused-ring (bicyclic) bond motifs is 3. The summed E-state index contributed by atoms with van der Waals surface area (Å²) in [7, 11) is 0. The van der Waals surface area contributed by atoms with Crippen LogP contribution < -0.4 is 0 Å². The summed E-state index contributed by atoms with van der Waals surface area (Å²) in [6.07, 6.45) is 16.6. The van der Waals surface area contributed by atoms with Gasteiger partial charge in [-0.05, 0) is 34.3 Å². The number of allylic oxidation sites excluding steroid dienone is 10. The summed E-state index contributed by atoms with van der Waals surface area (Å²) in [5.74, 6) is 0.559. The lowest BCUT2D eigenvalue weighted by atomic mass is 9.83. The third-order valence-corrected chi connectivity index (χ3v) is 4.01. The average Bonchev–Trinajstić information content (AvgIpc) is 2.70. The van der Waals surface area contributed by atoms with Crippen LogP contribution in [0.25, 0.3) is 5.57 Å². The fourth-order valence-electron chi connectivity index (χ4n) is 3.26. The Morgan fingerprint density at radius 1 is 0.944 bits per heavy atom. The topological polar surface area (TPSA) is 0 Å². The van der Waals surface area contributed by atoms with Gasteiger partial charge in [0.15, 0.2) is 0 Å². The van der Waals surface area contributed by atoms with Gasteiger partial charge < -0.3 is 0 Å². The largest absolute Gasteiger partial charge is 0.0830 e. The Hall–Kier alpha value is -2.08. The predicted molar refractivity (Wildman–Crippen MR) is 76.2 cm³/mol. The smallest absolute Gasteiger partial charge is 0.0142 e. The lowest BCUT2D eigenvalue weighted by molar-refractivity contribution is 0.823. The lowest BCUT2D eigenvalue weighted by Gasteiger charge is -2.20. The molecule has 0 spiro atoms. The van der Waals surface area contributed by atoms with Crippen LogP contribution in [0.1, 0.15) is 23.5 Å². The minimum Gasteiger partial charge on any atom is -0.0830 e. The van der Waals surface area contributed by atoms with E-state index in [1.807, 2.05) is 0 Å². The van der Waals surface area contributed by atoms with Gasteiger partial charge in [0.05, 0.1) is 0 Å². The molecule has 3 aliphatic rings. The van der Waals surface area contributed by atoms with Gasteiger partial charge in [-0.25, -0.2) is 0 Å². The third-order valence-electron chi connectivity index (χ3n) is 4.01. The Balaban J connectivity index is 2.04. The van der Waals surface area contributed by atoms with E-state index >= 15 is 0 Å². The van der Waals surface area contributed by atoms with Crippen molar-refractivity contribution in [1.82, 2.24) is 0 Å². The van der Waals surface area contributed by atoms with Crippen molar-refractivity contribution in [2.45, 2.75) is 12.3 Å². The van der Waals surface area contributed by atoms with Gasteiger partial charge >= 0.3 is 0 Å². The van der Waals surface area contributed by atoms with Crippen LogP contribution in [-0.4, -0.2) is 0 Å². The van der Waals surface area contributed by atoms with Gasteiger partial charge in [0.25, 0.3) is 0 Å². The molecule has 0 N–H and O–H groups in total. The molecule has 1 unspecified atom stereocenters. The highest BCUT2D eigenvalue weighted by molar-refractivity contribution is 5.89. The maximum atomic E-state index is 2.30. The molecule has 18 heavy (non-hydrogen) atoms. The van der Waals surface area contributed by atoms with E-state index in [9.17, 15) is 0 Å². The van der Waals surface area contributed by atoms with Gasteiger partial charge in [-0.1, -0.05) is 66.8 Å². The summed E-state index contributed by atoms with van der Waals surface area (Å²) in [4.78, 5) is 0. The zero-order chi connectivity index (χ0) is 11.9. The van der Waals surface area contributed by atoms with Crippen LogP contribution in [-0.2, 0) is 0 Å². The van der Waals surface area contributed by atoms with E-state index in [0.717, 1.165) is 6.42 Å². The number of benzene rings is 1. The molecule has 0 saturated heterocycles. The second kappa shape index (κ2) is 3.71. The van der Waals surface area contributed by atoms with E-state index in [0.29, 0.717) is 5.92 Å². The predicted octanol–water partition coefficient (Wildman–Crippen LogP) is 4.55. The van der Waals surface area contributed by atoms with Crippen LogP contribution in [0.2, 0.25) is 0 Å². The molecule has 1 atom stereocenters. The average molecular weight is 230 g/mol. The van der Waals surface area contributed by atoms with E-state index in [1.54, 1.807) is 0 Å². The fourth-order valence-corrected chi connectivity index (χ4v) is 3.26. The van der Waals surface area contributed by atoms with E-state index < -0.39 is 0 Å². The molecule has 0 bridgehead atoms. The molecule has 0 fully saturated rings. The molecule has 0 aromatic heterocycles. The minimum absolute atomic E-state index is 0.559. The van der Waals surface area contributed by atoms with Gasteiger partial charge in [-0.2, -0.15) is 0 Å². The van der Waals surface area contributed by atoms with Crippen molar-refractivity contribution in [2.24, 2.45) is 0 Å². The molecule has 1 aromatic rings. The van der Waals surface area contributed by atoms with E-state index in [-0.39, 0.29) is 0 Å². The van der Waals surface area contributed by atoms with Crippen LogP contribution in [0.15, 0.2) is 77.9 Å².